The van der Waals surface area contributed by atoms with Crippen molar-refractivity contribution in [2.75, 3.05) is 0 Å². The van der Waals surface area contributed by atoms with Gasteiger partial charge in [-0.15, -0.1) is 0 Å². The first-order chi connectivity index (χ1) is 17.6. The van der Waals surface area contributed by atoms with Crippen LogP contribution >= 0.6 is 0 Å². The minimum absolute atomic E-state index is 0.108. The van der Waals surface area contributed by atoms with Crippen LogP contribution in [0.3, 0.4) is 0 Å². The minimum Gasteiger partial charge on any atom is -0.481 e. The number of benzene rings is 3. The molecule has 182 valence electrons. The summed E-state index contributed by atoms with van der Waals surface area (Å²) >= 11 is 0. The summed E-state index contributed by atoms with van der Waals surface area (Å²) in [6.45, 7) is 0.164. The van der Waals surface area contributed by atoms with E-state index in [9.17, 15) is 14.9 Å². The van der Waals surface area contributed by atoms with E-state index in [1.807, 2.05) is 42.5 Å². The number of ether oxygens (including phenoxy) is 1. The summed E-state index contributed by atoms with van der Waals surface area (Å²) in [7, 11) is 0. The Balaban J connectivity index is 1.57. The largest absolute Gasteiger partial charge is 0.481 e. The SMILES string of the molecule is O=c1c2ccccc2nc(C2CCCCC2)n1N=Cc1cccc([N+](=O)[O-])c1OCc1ccccc1. The van der Waals surface area contributed by atoms with E-state index in [1.54, 1.807) is 24.3 Å². The van der Waals surface area contributed by atoms with Gasteiger partial charge in [-0.25, -0.2) is 4.98 Å². The van der Waals surface area contributed by atoms with Crippen LogP contribution in [0.1, 0.15) is 55.0 Å². The first-order valence-electron chi connectivity index (χ1n) is 12.1. The van der Waals surface area contributed by atoms with Crippen LogP contribution in [0.4, 0.5) is 5.69 Å². The van der Waals surface area contributed by atoms with Crippen LogP contribution in [0.5, 0.6) is 5.75 Å². The Bertz CT molecular complexity index is 1470. The third-order valence-corrected chi connectivity index (χ3v) is 6.51. The van der Waals surface area contributed by atoms with Gasteiger partial charge in [0, 0.05) is 17.5 Å². The Hall–Kier alpha value is -4.33. The van der Waals surface area contributed by atoms with Gasteiger partial charge < -0.3 is 4.74 Å². The Morgan fingerprint density at radius 2 is 1.75 bits per heavy atom. The van der Waals surface area contributed by atoms with E-state index in [0.717, 1.165) is 31.2 Å². The van der Waals surface area contributed by atoms with E-state index < -0.39 is 4.92 Å². The zero-order valence-corrected chi connectivity index (χ0v) is 19.7. The third kappa shape index (κ3) is 4.88. The number of hydrogen-bond acceptors (Lipinski definition) is 6. The van der Waals surface area contributed by atoms with Gasteiger partial charge in [0.1, 0.15) is 12.4 Å². The average molecular weight is 483 g/mol. The predicted octanol–water partition coefficient (Wildman–Crippen LogP) is 5.81. The fraction of sp³-hybridized carbons (Fsp3) is 0.250. The highest BCUT2D eigenvalue weighted by Crippen LogP contribution is 2.33. The topological polar surface area (TPSA) is 99.6 Å². The molecule has 0 amide bonds. The molecule has 8 heteroatoms. The fourth-order valence-corrected chi connectivity index (χ4v) is 4.67. The third-order valence-electron chi connectivity index (χ3n) is 6.51. The van der Waals surface area contributed by atoms with E-state index >= 15 is 0 Å². The van der Waals surface area contributed by atoms with Crippen LogP contribution in [0, 0.1) is 10.1 Å². The molecule has 1 fully saturated rings. The molecular weight excluding hydrogens is 456 g/mol. The molecule has 1 aromatic heterocycles. The Morgan fingerprint density at radius 1 is 1.00 bits per heavy atom. The number of nitro groups is 1. The van der Waals surface area contributed by atoms with Crippen LogP contribution in [0.15, 0.2) is 82.7 Å². The number of rotatable bonds is 7. The van der Waals surface area contributed by atoms with Crippen molar-refractivity contribution in [3.63, 3.8) is 0 Å². The van der Waals surface area contributed by atoms with Gasteiger partial charge in [0.2, 0.25) is 5.75 Å². The summed E-state index contributed by atoms with van der Waals surface area (Å²) in [6, 6.07) is 21.4. The van der Waals surface area contributed by atoms with Crippen LogP contribution in [0.25, 0.3) is 10.9 Å². The monoisotopic (exact) mass is 482 g/mol. The molecule has 0 spiro atoms. The number of fused-ring (bicyclic) bond motifs is 1. The summed E-state index contributed by atoms with van der Waals surface area (Å²) in [5.74, 6) is 0.870. The second-order valence-electron chi connectivity index (χ2n) is 8.91. The molecule has 0 saturated heterocycles. The average Bonchev–Trinajstić information content (AvgIpc) is 2.92. The van der Waals surface area contributed by atoms with Crippen molar-refractivity contribution >= 4 is 22.8 Å². The van der Waals surface area contributed by atoms with Gasteiger partial charge in [-0.3, -0.25) is 14.9 Å². The lowest BCUT2D eigenvalue weighted by atomic mass is 9.88. The lowest BCUT2D eigenvalue weighted by molar-refractivity contribution is -0.385. The Morgan fingerprint density at radius 3 is 2.53 bits per heavy atom. The molecule has 1 aliphatic rings. The molecule has 36 heavy (non-hydrogen) atoms. The van der Waals surface area contributed by atoms with Crippen LogP contribution < -0.4 is 10.3 Å². The zero-order valence-electron chi connectivity index (χ0n) is 19.7. The second-order valence-corrected chi connectivity index (χ2v) is 8.91. The molecule has 5 rings (SSSR count). The van der Waals surface area contributed by atoms with Crippen LogP contribution in [-0.4, -0.2) is 20.8 Å². The summed E-state index contributed by atoms with van der Waals surface area (Å²) < 4.78 is 7.27. The van der Waals surface area contributed by atoms with Crippen LogP contribution in [0.2, 0.25) is 0 Å². The Labute approximate surface area is 208 Å². The molecule has 1 heterocycles. The standard InChI is InChI=1S/C28H26N4O4/c33-28-23-15-7-8-16-24(23)30-27(21-12-5-2-6-13-21)31(28)29-18-22-14-9-17-25(32(34)35)26(22)36-19-20-10-3-1-4-11-20/h1,3-4,7-11,14-18,21H,2,5-6,12-13,19H2. The molecule has 3 aromatic carbocycles. The quantitative estimate of drug-likeness (QED) is 0.188. The highest BCUT2D eigenvalue weighted by molar-refractivity contribution is 5.86. The van der Waals surface area contributed by atoms with E-state index in [-0.39, 0.29) is 29.5 Å². The van der Waals surface area contributed by atoms with Gasteiger partial charge in [-0.2, -0.15) is 9.78 Å². The van der Waals surface area contributed by atoms with Gasteiger partial charge in [-0.1, -0.05) is 67.8 Å². The first-order valence-corrected chi connectivity index (χ1v) is 12.1. The predicted molar refractivity (Wildman–Crippen MR) is 139 cm³/mol. The van der Waals surface area contributed by atoms with Crippen molar-refractivity contribution in [2.45, 2.75) is 44.6 Å². The maximum atomic E-state index is 13.5. The fourth-order valence-electron chi connectivity index (χ4n) is 4.67. The molecule has 4 aromatic rings. The van der Waals surface area contributed by atoms with Gasteiger partial charge in [0.15, 0.2) is 0 Å². The maximum Gasteiger partial charge on any atom is 0.311 e. The van der Waals surface area contributed by atoms with Crippen LogP contribution in [-0.2, 0) is 6.61 Å². The van der Waals surface area contributed by atoms with E-state index in [2.05, 4.69) is 5.10 Å². The summed E-state index contributed by atoms with van der Waals surface area (Å²) in [6.07, 6.45) is 6.69. The summed E-state index contributed by atoms with van der Waals surface area (Å²) in [5.41, 5.74) is 1.53. The number of aromatic nitrogens is 2. The van der Waals surface area contributed by atoms with Crippen molar-refractivity contribution in [3.05, 3.63) is 110 Å². The number of hydrogen-bond donors (Lipinski definition) is 0. The second kappa shape index (κ2) is 10.5. The molecule has 0 aliphatic heterocycles. The van der Waals surface area contributed by atoms with Gasteiger partial charge >= 0.3 is 5.69 Å². The minimum atomic E-state index is -0.477. The van der Waals surface area contributed by atoms with Crippen molar-refractivity contribution < 1.29 is 9.66 Å². The highest BCUT2D eigenvalue weighted by Gasteiger charge is 2.23. The lowest BCUT2D eigenvalue weighted by Crippen LogP contribution is -2.25. The normalized spacial score (nSPS) is 14.3. The molecule has 0 atom stereocenters. The molecule has 0 radical (unpaired) electrons. The molecular formula is C28H26N4O4. The first kappa shape index (κ1) is 23.4. The molecule has 0 bridgehead atoms. The highest BCUT2D eigenvalue weighted by atomic mass is 16.6. The number of nitrogens with zero attached hydrogens (tertiary/aromatic N) is 4. The molecule has 1 saturated carbocycles. The van der Waals surface area contributed by atoms with Crippen molar-refractivity contribution in [2.24, 2.45) is 5.10 Å². The molecule has 8 nitrogen and oxygen atoms in total. The summed E-state index contributed by atoms with van der Waals surface area (Å²) in [5, 5.41) is 16.7. The van der Waals surface area contributed by atoms with Crippen molar-refractivity contribution in [1.82, 2.24) is 9.66 Å². The van der Waals surface area contributed by atoms with Gasteiger partial charge in [0.05, 0.1) is 22.0 Å². The van der Waals surface area contributed by atoms with E-state index in [4.69, 9.17) is 9.72 Å². The van der Waals surface area contributed by atoms with E-state index in [1.165, 1.54) is 23.4 Å². The van der Waals surface area contributed by atoms with Crippen molar-refractivity contribution in [1.29, 1.82) is 0 Å². The smallest absolute Gasteiger partial charge is 0.311 e. The maximum absolute atomic E-state index is 13.5. The van der Waals surface area contributed by atoms with Crippen molar-refractivity contribution in [3.8, 4) is 5.75 Å². The lowest BCUT2D eigenvalue weighted by Gasteiger charge is -2.22. The zero-order chi connectivity index (χ0) is 24.9. The Kier molecular flexibility index (Phi) is 6.84. The molecule has 1 aliphatic carbocycles. The number of para-hydroxylation sites is 2. The van der Waals surface area contributed by atoms with Gasteiger partial charge in [0.25, 0.3) is 5.56 Å². The summed E-state index contributed by atoms with van der Waals surface area (Å²) in [4.78, 5) is 29.5. The molecule has 0 N–H and O–H groups in total. The van der Waals surface area contributed by atoms with Gasteiger partial charge in [-0.05, 0) is 36.6 Å². The number of nitro benzene ring substituents is 1. The van der Waals surface area contributed by atoms with E-state index in [0.29, 0.717) is 22.3 Å². The molecule has 0 unspecified atom stereocenters.